The minimum atomic E-state index is -0.0500. The van der Waals surface area contributed by atoms with Crippen LogP contribution in [0.1, 0.15) is 206 Å². The van der Waals surface area contributed by atoms with E-state index in [4.69, 9.17) is 4.74 Å². The predicted octanol–water partition coefficient (Wildman–Crippen LogP) is 11.5. The van der Waals surface area contributed by atoms with Crippen LogP contribution in [-0.2, 0) is 4.74 Å². The minimum absolute atomic E-state index is 0.0500. The van der Waals surface area contributed by atoms with Crippen molar-refractivity contribution >= 4 is 0 Å². The van der Waals surface area contributed by atoms with Crippen molar-refractivity contribution in [2.45, 2.75) is 219 Å². The van der Waals surface area contributed by atoms with E-state index < -0.39 is 0 Å². The van der Waals surface area contributed by atoms with Crippen LogP contribution in [0.4, 0.5) is 0 Å². The lowest BCUT2D eigenvalue weighted by Gasteiger charge is -2.10. The normalized spacial score (nSPS) is 13.2. The highest BCUT2D eigenvalue weighted by molar-refractivity contribution is 4.58. The number of hydrogen-bond acceptors (Lipinski definition) is 3. The number of hydrogen-bond donors (Lipinski definition) is 2. The zero-order valence-electron chi connectivity index (χ0n) is 27.1. The van der Waals surface area contributed by atoms with Crippen molar-refractivity contribution in [3.63, 3.8) is 0 Å². The fraction of sp³-hybridized carbons (Fsp3) is 1.00. The summed E-state index contributed by atoms with van der Waals surface area (Å²) in [5.41, 5.74) is 0. The molecule has 0 saturated carbocycles. The van der Waals surface area contributed by atoms with Gasteiger partial charge in [-0.3, -0.25) is 0 Å². The summed E-state index contributed by atoms with van der Waals surface area (Å²) in [7, 11) is 0. The summed E-state index contributed by atoms with van der Waals surface area (Å²) in [4.78, 5) is 0. The average Bonchev–Trinajstić information content (AvgIpc) is 2.94. The van der Waals surface area contributed by atoms with E-state index in [2.05, 4.69) is 13.8 Å². The summed E-state index contributed by atoms with van der Waals surface area (Å²) in [6, 6.07) is 0. The van der Waals surface area contributed by atoms with Crippen LogP contribution in [0.3, 0.4) is 0 Å². The summed E-state index contributed by atoms with van der Waals surface area (Å²) >= 11 is 0. The second-order valence-electron chi connectivity index (χ2n) is 12.6. The van der Waals surface area contributed by atoms with Crippen LogP contribution in [0, 0.1) is 0 Å². The molecule has 0 aliphatic carbocycles. The first kappa shape index (κ1) is 38.9. The third-order valence-electron chi connectivity index (χ3n) is 8.43. The van der Waals surface area contributed by atoms with E-state index in [1.807, 2.05) is 0 Å². The third-order valence-corrected chi connectivity index (χ3v) is 8.43. The number of rotatable bonds is 34. The van der Waals surface area contributed by atoms with Crippen LogP contribution in [0.15, 0.2) is 0 Å². The molecule has 2 unspecified atom stereocenters. The van der Waals surface area contributed by atoms with Gasteiger partial charge >= 0.3 is 0 Å². The van der Waals surface area contributed by atoms with E-state index in [1.54, 1.807) is 0 Å². The van der Waals surface area contributed by atoms with Gasteiger partial charge in [0.2, 0.25) is 0 Å². The van der Waals surface area contributed by atoms with Crippen LogP contribution < -0.4 is 0 Å². The van der Waals surface area contributed by atoms with Gasteiger partial charge in [-0.25, -0.2) is 0 Å². The van der Waals surface area contributed by atoms with Crippen molar-refractivity contribution in [3.8, 4) is 0 Å². The van der Waals surface area contributed by atoms with Gasteiger partial charge in [-0.1, -0.05) is 168 Å². The van der Waals surface area contributed by atoms with Crippen molar-refractivity contribution in [1.29, 1.82) is 0 Å². The van der Waals surface area contributed by atoms with Crippen molar-refractivity contribution in [1.82, 2.24) is 0 Å². The van der Waals surface area contributed by atoms with Crippen LogP contribution >= 0.6 is 0 Å². The molecule has 0 aromatic carbocycles. The smallest absolute Gasteiger partial charge is 0.0540 e. The summed E-state index contributed by atoms with van der Waals surface area (Å²) in [6.45, 7) is 6.39. The Hall–Kier alpha value is -0.120. The topological polar surface area (TPSA) is 49.7 Å². The highest BCUT2D eigenvalue weighted by atomic mass is 16.5. The maximum Gasteiger partial charge on any atom is 0.0540 e. The fourth-order valence-corrected chi connectivity index (χ4v) is 5.65. The Morgan fingerprint density at radius 3 is 0.846 bits per heavy atom. The van der Waals surface area contributed by atoms with Crippen LogP contribution in [0.5, 0.6) is 0 Å². The molecule has 2 N–H and O–H groups in total. The zero-order chi connectivity index (χ0) is 28.5. The molecule has 0 aliphatic rings. The molecule has 0 rings (SSSR count). The molecule has 0 fully saturated rings. The SMILES string of the molecule is CCCCCCC(O)CCCCCCCCCCCOCCCCCCCCCCCC(O)CCCCCC. The molecule has 2 atom stereocenters. The van der Waals surface area contributed by atoms with Crippen molar-refractivity contribution in [2.75, 3.05) is 13.2 Å². The molecule has 236 valence electrons. The average molecular weight is 555 g/mol. The predicted molar refractivity (Wildman–Crippen MR) is 173 cm³/mol. The van der Waals surface area contributed by atoms with E-state index in [0.717, 1.165) is 38.9 Å². The third kappa shape index (κ3) is 34.0. The first-order valence-corrected chi connectivity index (χ1v) is 18.1. The van der Waals surface area contributed by atoms with Gasteiger partial charge in [-0.15, -0.1) is 0 Å². The monoisotopic (exact) mass is 555 g/mol. The van der Waals surface area contributed by atoms with Crippen LogP contribution in [-0.4, -0.2) is 35.6 Å². The van der Waals surface area contributed by atoms with E-state index in [0.29, 0.717) is 0 Å². The molecule has 0 aromatic heterocycles. The summed E-state index contributed by atoms with van der Waals surface area (Å²) < 4.78 is 5.85. The Kier molecular flexibility index (Phi) is 34.0. The maximum atomic E-state index is 10.0. The van der Waals surface area contributed by atoms with Crippen LogP contribution in [0.2, 0.25) is 0 Å². The van der Waals surface area contributed by atoms with Crippen molar-refractivity contribution in [2.24, 2.45) is 0 Å². The fourth-order valence-electron chi connectivity index (χ4n) is 5.65. The largest absolute Gasteiger partial charge is 0.393 e. The molecule has 0 bridgehead atoms. The quantitative estimate of drug-likeness (QED) is 0.0777. The summed E-state index contributed by atoms with van der Waals surface area (Å²) in [5, 5.41) is 20.1. The molecule has 0 spiro atoms. The second kappa shape index (κ2) is 34.1. The molecule has 3 heteroatoms. The van der Waals surface area contributed by atoms with Gasteiger partial charge < -0.3 is 14.9 Å². The van der Waals surface area contributed by atoms with E-state index in [9.17, 15) is 10.2 Å². The highest BCUT2D eigenvalue weighted by Crippen LogP contribution is 2.16. The van der Waals surface area contributed by atoms with Crippen molar-refractivity contribution in [3.05, 3.63) is 0 Å². The molecule has 3 nitrogen and oxygen atoms in total. The van der Waals surface area contributed by atoms with E-state index >= 15 is 0 Å². The molecule has 0 heterocycles. The lowest BCUT2D eigenvalue weighted by molar-refractivity contribution is 0.125. The summed E-state index contributed by atoms with van der Waals surface area (Å²) in [6.07, 6.45) is 37.9. The van der Waals surface area contributed by atoms with Crippen LogP contribution in [0.25, 0.3) is 0 Å². The number of unbranched alkanes of at least 4 members (excludes halogenated alkanes) is 22. The van der Waals surface area contributed by atoms with Gasteiger partial charge in [0.1, 0.15) is 0 Å². The second-order valence-corrected chi connectivity index (χ2v) is 12.6. The first-order valence-electron chi connectivity index (χ1n) is 18.1. The molecule has 0 saturated heterocycles. The highest BCUT2D eigenvalue weighted by Gasteiger charge is 2.04. The van der Waals surface area contributed by atoms with E-state index in [1.165, 1.54) is 167 Å². The Morgan fingerprint density at radius 1 is 0.333 bits per heavy atom. The Bertz CT molecular complexity index is 390. The van der Waals surface area contributed by atoms with Gasteiger partial charge in [0, 0.05) is 13.2 Å². The lowest BCUT2D eigenvalue weighted by Crippen LogP contribution is -2.05. The van der Waals surface area contributed by atoms with Gasteiger partial charge in [0.15, 0.2) is 0 Å². The standard InChI is InChI=1S/C36H74O3/c1-3-5-7-23-29-35(37)31-25-19-15-11-9-13-17-21-27-33-39-34-28-22-18-14-10-12-16-20-26-32-36(38)30-24-8-6-4-2/h35-38H,3-34H2,1-2H3. The molecule has 0 aromatic rings. The van der Waals surface area contributed by atoms with Gasteiger partial charge in [0.05, 0.1) is 12.2 Å². The Balaban J connectivity index is 3.12. The van der Waals surface area contributed by atoms with Gasteiger partial charge in [0.25, 0.3) is 0 Å². The molecule has 0 radical (unpaired) electrons. The molecular weight excluding hydrogens is 480 g/mol. The molecular formula is C36H74O3. The molecule has 39 heavy (non-hydrogen) atoms. The van der Waals surface area contributed by atoms with E-state index in [-0.39, 0.29) is 12.2 Å². The number of aliphatic hydroxyl groups is 2. The molecule has 0 amide bonds. The summed E-state index contributed by atoms with van der Waals surface area (Å²) in [5.74, 6) is 0. The number of ether oxygens (including phenoxy) is 1. The Morgan fingerprint density at radius 2 is 0.564 bits per heavy atom. The maximum absolute atomic E-state index is 10.0. The van der Waals surface area contributed by atoms with Crippen molar-refractivity contribution < 1.29 is 14.9 Å². The van der Waals surface area contributed by atoms with Gasteiger partial charge in [-0.05, 0) is 38.5 Å². The Labute approximate surface area is 246 Å². The minimum Gasteiger partial charge on any atom is -0.393 e. The molecule has 0 aliphatic heterocycles. The van der Waals surface area contributed by atoms with Gasteiger partial charge in [-0.2, -0.15) is 0 Å². The first-order chi connectivity index (χ1) is 19.2. The zero-order valence-corrected chi connectivity index (χ0v) is 27.1. The lowest BCUT2D eigenvalue weighted by atomic mass is 10.0. The number of aliphatic hydroxyl groups excluding tert-OH is 2.